The molecule has 0 bridgehead atoms. The molecule has 2 aromatic heterocycles. The molecule has 2 aromatic rings. The van der Waals surface area contributed by atoms with E-state index in [1.165, 1.54) is 4.90 Å². The molecule has 0 aliphatic rings. The third-order valence-electron chi connectivity index (χ3n) is 2.41. The fourth-order valence-corrected chi connectivity index (χ4v) is 1.86. The van der Waals surface area contributed by atoms with Gasteiger partial charge in [-0.25, -0.2) is 4.98 Å². The number of carbonyl (C=O) groups is 1. The van der Waals surface area contributed by atoms with Gasteiger partial charge >= 0.3 is 0 Å². The highest BCUT2D eigenvalue weighted by atomic mass is 79.9. The van der Waals surface area contributed by atoms with Gasteiger partial charge in [0.25, 0.3) is 5.91 Å². The van der Waals surface area contributed by atoms with Gasteiger partial charge in [0.1, 0.15) is 5.76 Å². The summed E-state index contributed by atoms with van der Waals surface area (Å²) in [5.41, 5.74) is 6.34. The number of anilines is 1. The Morgan fingerprint density at radius 3 is 2.89 bits per heavy atom. The second-order valence-corrected chi connectivity index (χ2v) is 4.59. The van der Waals surface area contributed by atoms with Gasteiger partial charge in [-0.3, -0.25) is 4.79 Å². The smallest absolute Gasteiger partial charge is 0.274 e. The lowest BCUT2D eigenvalue weighted by molar-refractivity contribution is 0.0770. The number of nitrogens with two attached hydrogens (primary N) is 1. The number of aromatic nitrogens is 1. The summed E-state index contributed by atoms with van der Waals surface area (Å²) in [5, 5.41) is 0. The standard InChI is InChI=1S/C12H12BrN3O2/c1-16(7-8-4-5-10(13)18-8)12(17)11-9(14)3-2-6-15-11/h2-6H,7,14H2,1H3. The Hall–Kier alpha value is -1.82. The second-order valence-electron chi connectivity index (χ2n) is 3.81. The lowest BCUT2D eigenvalue weighted by Gasteiger charge is -2.15. The zero-order valence-electron chi connectivity index (χ0n) is 9.76. The third kappa shape index (κ3) is 2.70. The van der Waals surface area contributed by atoms with Gasteiger partial charge in [-0.15, -0.1) is 0 Å². The maximum absolute atomic E-state index is 12.1. The molecule has 0 spiro atoms. The third-order valence-corrected chi connectivity index (χ3v) is 2.84. The van der Waals surface area contributed by atoms with Crippen LogP contribution in [0.4, 0.5) is 5.69 Å². The fraction of sp³-hybridized carbons (Fsp3) is 0.167. The molecule has 0 aromatic carbocycles. The minimum Gasteiger partial charge on any atom is -0.452 e. The van der Waals surface area contributed by atoms with Gasteiger partial charge in [-0.2, -0.15) is 0 Å². The van der Waals surface area contributed by atoms with E-state index in [0.29, 0.717) is 22.7 Å². The van der Waals surface area contributed by atoms with Crippen LogP contribution in [-0.4, -0.2) is 22.8 Å². The molecule has 0 saturated carbocycles. The fourth-order valence-electron chi connectivity index (χ4n) is 1.52. The maximum Gasteiger partial charge on any atom is 0.274 e. The van der Waals surface area contributed by atoms with E-state index in [2.05, 4.69) is 20.9 Å². The van der Waals surface area contributed by atoms with Crippen LogP contribution in [-0.2, 0) is 6.54 Å². The Morgan fingerprint density at radius 1 is 1.50 bits per heavy atom. The van der Waals surface area contributed by atoms with Crippen LogP contribution in [0.5, 0.6) is 0 Å². The normalized spacial score (nSPS) is 10.3. The first kappa shape index (κ1) is 12.6. The predicted molar refractivity (Wildman–Crippen MR) is 70.9 cm³/mol. The van der Waals surface area contributed by atoms with Gasteiger partial charge < -0.3 is 15.1 Å². The first-order chi connectivity index (χ1) is 8.58. The van der Waals surface area contributed by atoms with E-state index in [4.69, 9.17) is 10.2 Å². The summed E-state index contributed by atoms with van der Waals surface area (Å²) >= 11 is 3.21. The predicted octanol–water partition coefficient (Wildman–Crippen LogP) is 2.29. The summed E-state index contributed by atoms with van der Waals surface area (Å²) < 4.78 is 5.98. The molecule has 94 valence electrons. The van der Waals surface area contributed by atoms with Crippen molar-refractivity contribution in [2.24, 2.45) is 0 Å². The number of hydrogen-bond donors (Lipinski definition) is 1. The molecule has 18 heavy (non-hydrogen) atoms. The van der Waals surface area contributed by atoms with E-state index in [9.17, 15) is 4.79 Å². The Kier molecular flexibility index (Phi) is 3.66. The largest absolute Gasteiger partial charge is 0.452 e. The van der Waals surface area contributed by atoms with E-state index < -0.39 is 0 Å². The van der Waals surface area contributed by atoms with Gasteiger partial charge in [0.15, 0.2) is 10.4 Å². The summed E-state index contributed by atoms with van der Waals surface area (Å²) in [4.78, 5) is 17.6. The highest BCUT2D eigenvalue weighted by Gasteiger charge is 2.17. The lowest BCUT2D eigenvalue weighted by Crippen LogP contribution is -2.27. The molecule has 0 saturated heterocycles. The Balaban J connectivity index is 2.12. The molecule has 5 nitrogen and oxygen atoms in total. The first-order valence-electron chi connectivity index (χ1n) is 5.28. The molecular formula is C12H12BrN3O2. The molecule has 0 unspecified atom stereocenters. The van der Waals surface area contributed by atoms with Crippen LogP contribution in [0.2, 0.25) is 0 Å². The number of pyridine rings is 1. The quantitative estimate of drug-likeness (QED) is 0.944. The van der Waals surface area contributed by atoms with Crippen molar-refractivity contribution in [3.05, 3.63) is 46.6 Å². The number of carbonyl (C=O) groups excluding carboxylic acids is 1. The number of nitrogens with zero attached hydrogens (tertiary/aromatic N) is 2. The van der Waals surface area contributed by atoms with Crippen LogP contribution in [0.1, 0.15) is 16.2 Å². The van der Waals surface area contributed by atoms with Crippen molar-refractivity contribution in [1.29, 1.82) is 0 Å². The van der Waals surface area contributed by atoms with E-state index in [0.717, 1.165) is 0 Å². The number of hydrogen-bond acceptors (Lipinski definition) is 4. The monoisotopic (exact) mass is 309 g/mol. The van der Waals surface area contributed by atoms with Crippen LogP contribution in [0.3, 0.4) is 0 Å². The van der Waals surface area contributed by atoms with Crippen LogP contribution in [0.25, 0.3) is 0 Å². The second kappa shape index (κ2) is 5.22. The molecular weight excluding hydrogens is 298 g/mol. The molecule has 0 radical (unpaired) electrons. The number of rotatable bonds is 3. The molecule has 2 heterocycles. The number of halogens is 1. The number of furan rings is 1. The summed E-state index contributed by atoms with van der Waals surface area (Å²) in [6, 6.07) is 6.92. The molecule has 2 N–H and O–H groups in total. The number of amides is 1. The lowest BCUT2D eigenvalue weighted by atomic mass is 10.2. The Bertz CT molecular complexity index is 568. The van der Waals surface area contributed by atoms with Crippen molar-refractivity contribution in [3.63, 3.8) is 0 Å². The maximum atomic E-state index is 12.1. The van der Waals surface area contributed by atoms with Gasteiger partial charge in [-0.05, 0) is 40.2 Å². The molecule has 0 fully saturated rings. The van der Waals surface area contributed by atoms with Crippen molar-refractivity contribution in [3.8, 4) is 0 Å². The van der Waals surface area contributed by atoms with Crippen molar-refractivity contribution < 1.29 is 9.21 Å². The molecule has 0 aliphatic carbocycles. The highest BCUT2D eigenvalue weighted by Crippen LogP contribution is 2.17. The van der Waals surface area contributed by atoms with E-state index >= 15 is 0 Å². The summed E-state index contributed by atoms with van der Waals surface area (Å²) in [6.07, 6.45) is 1.54. The van der Waals surface area contributed by atoms with E-state index in [1.54, 1.807) is 37.5 Å². The zero-order chi connectivity index (χ0) is 13.1. The van der Waals surface area contributed by atoms with Gasteiger partial charge in [0, 0.05) is 13.2 Å². The van der Waals surface area contributed by atoms with Gasteiger partial charge in [-0.1, -0.05) is 0 Å². The van der Waals surface area contributed by atoms with Crippen LogP contribution >= 0.6 is 15.9 Å². The average molecular weight is 310 g/mol. The molecule has 0 aliphatic heterocycles. The van der Waals surface area contributed by atoms with Crippen molar-refractivity contribution in [2.75, 3.05) is 12.8 Å². The summed E-state index contributed by atoms with van der Waals surface area (Å²) in [6.45, 7) is 0.362. The van der Waals surface area contributed by atoms with Gasteiger partial charge in [0.05, 0.1) is 12.2 Å². The SMILES string of the molecule is CN(Cc1ccc(Br)o1)C(=O)c1ncccc1N. The topological polar surface area (TPSA) is 72.4 Å². The molecule has 0 atom stereocenters. The molecule has 6 heteroatoms. The number of nitrogen functional groups attached to an aromatic ring is 1. The minimum atomic E-state index is -0.236. The molecule has 2 rings (SSSR count). The van der Waals surface area contributed by atoms with E-state index in [1.807, 2.05) is 0 Å². The highest BCUT2D eigenvalue weighted by molar-refractivity contribution is 9.10. The van der Waals surface area contributed by atoms with Crippen LogP contribution in [0, 0.1) is 0 Å². The summed E-state index contributed by atoms with van der Waals surface area (Å²) in [7, 11) is 1.67. The van der Waals surface area contributed by atoms with Crippen LogP contribution < -0.4 is 5.73 Å². The van der Waals surface area contributed by atoms with Crippen LogP contribution in [0.15, 0.2) is 39.5 Å². The Morgan fingerprint density at radius 2 is 2.28 bits per heavy atom. The van der Waals surface area contributed by atoms with Crippen molar-refractivity contribution >= 4 is 27.5 Å². The van der Waals surface area contributed by atoms with Crippen molar-refractivity contribution in [1.82, 2.24) is 9.88 Å². The zero-order valence-corrected chi connectivity index (χ0v) is 11.3. The minimum absolute atomic E-state index is 0.236. The van der Waals surface area contributed by atoms with Gasteiger partial charge in [0.2, 0.25) is 0 Å². The molecule has 1 amide bonds. The average Bonchev–Trinajstić information content (AvgIpc) is 2.74. The van der Waals surface area contributed by atoms with Crippen molar-refractivity contribution in [2.45, 2.75) is 6.54 Å². The Labute approximate surface area is 113 Å². The first-order valence-corrected chi connectivity index (χ1v) is 6.07. The van der Waals surface area contributed by atoms with E-state index in [-0.39, 0.29) is 11.6 Å². The summed E-state index contributed by atoms with van der Waals surface area (Å²) in [5.74, 6) is 0.452.